The second kappa shape index (κ2) is 6.09. The van der Waals surface area contributed by atoms with Crippen molar-refractivity contribution >= 4 is 27.4 Å². The Morgan fingerprint density at radius 2 is 1.86 bits per heavy atom. The number of nitrogens with zero attached hydrogens (tertiary/aromatic N) is 1. The van der Waals surface area contributed by atoms with Gasteiger partial charge in [0.05, 0.1) is 16.6 Å². The van der Waals surface area contributed by atoms with E-state index >= 15 is 0 Å². The summed E-state index contributed by atoms with van der Waals surface area (Å²) >= 11 is 3.24. The molecule has 0 atom stereocenters. The van der Waals surface area contributed by atoms with Crippen LogP contribution < -0.4 is 0 Å². The first kappa shape index (κ1) is 15.2. The fourth-order valence-corrected chi connectivity index (χ4v) is 2.28. The predicted molar refractivity (Wildman–Crippen MR) is 75.2 cm³/mol. The molecule has 0 saturated heterocycles. The summed E-state index contributed by atoms with van der Waals surface area (Å²) in [5.74, 6) is -3.31. The molecule has 0 unspecified atom stereocenters. The van der Waals surface area contributed by atoms with E-state index in [4.69, 9.17) is 0 Å². The van der Waals surface area contributed by atoms with Gasteiger partial charge in [0.25, 0.3) is 5.69 Å². The molecule has 0 heterocycles. The summed E-state index contributed by atoms with van der Waals surface area (Å²) in [7, 11) is 0. The molecule has 0 amide bonds. The van der Waals surface area contributed by atoms with Crippen LogP contribution in [0.25, 0.3) is 0 Å². The van der Waals surface area contributed by atoms with Crippen LogP contribution >= 0.6 is 15.9 Å². The second-order valence-electron chi connectivity index (χ2n) is 4.27. The van der Waals surface area contributed by atoms with Crippen molar-refractivity contribution in [3.8, 4) is 0 Å². The third-order valence-electron chi connectivity index (χ3n) is 2.79. The number of hydrogen-bond acceptors (Lipinski definition) is 3. The van der Waals surface area contributed by atoms with Crippen LogP contribution in [0, 0.1) is 21.7 Å². The van der Waals surface area contributed by atoms with Crippen LogP contribution in [-0.4, -0.2) is 10.7 Å². The van der Waals surface area contributed by atoms with E-state index in [2.05, 4.69) is 15.9 Å². The summed E-state index contributed by atoms with van der Waals surface area (Å²) in [5, 5.41) is 10.9. The van der Waals surface area contributed by atoms with E-state index in [0.29, 0.717) is 17.7 Å². The first-order valence-corrected chi connectivity index (χ1v) is 6.59. The molecule has 0 bridgehead atoms. The van der Waals surface area contributed by atoms with Gasteiger partial charge < -0.3 is 0 Å². The van der Waals surface area contributed by atoms with E-state index in [-0.39, 0.29) is 6.42 Å². The van der Waals surface area contributed by atoms with Gasteiger partial charge in [-0.1, -0.05) is 28.1 Å². The van der Waals surface area contributed by atoms with Gasteiger partial charge in [-0.15, -0.1) is 0 Å². The second-order valence-corrected chi connectivity index (χ2v) is 5.19. The molecule has 0 aromatic heterocycles. The molecule has 4 nitrogen and oxygen atoms in total. The number of benzene rings is 2. The molecule has 0 radical (unpaired) electrons. The third kappa shape index (κ3) is 3.49. The Morgan fingerprint density at radius 1 is 1.19 bits per heavy atom. The highest BCUT2D eigenvalue weighted by molar-refractivity contribution is 9.10. The van der Waals surface area contributed by atoms with E-state index in [1.165, 1.54) is 0 Å². The lowest BCUT2D eigenvalue weighted by Gasteiger charge is -2.04. The molecule has 2 aromatic rings. The number of carbonyl (C=O) groups excluding carboxylic acids is 1. The van der Waals surface area contributed by atoms with Gasteiger partial charge in [-0.25, -0.2) is 8.78 Å². The normalized spacial score (nSPS) is 10.4. The minimum atomic E-state index is -1.36. The van der Waals surface area contributed by atoms with Crippen LogP contribution in [0.2, 0.25) is 0 Å². The number of nitro benzene ring substituents is 1. The van der Waals surface area contributed by atoms with Gasteiger partial charge in [0.1, 0.15) is 0 Å². The lowest BCUT2D eigenvalue weighted by molar-refractivity contribution is -0.385. The van der Waals surface area contributed by atoms with Crippen molar-refractivity contribution in [2.45, 2.75) is 6.42 Å². The summed E-state index contributed by atoms with van der Waals surface area (Å²) < 4.78 is 27.0. The van der Waals surface area contributed by atoms with E-state index in [1.54, 1.807) is 24.3 Å². The van der Waals surface area contributed by atoms with Crippen molar-refractivity contribution in [1.82, 2.24) is 0 Å². The number of ketones is 1. The van der Waals surface area contributed by atoms with Gasteiger partial charge in [-0.3, -0.25) is 14.9 Å². The summed E-state index contributed by atoms with van der Waals surface area (Å²) in [6, 6.07) is 7.77. The summed E-state index contributed by atoms with van der Waals surface area (Å²) in [4.78, 5) is 22.1. The molecular weight excluding hydrogens is 348 g/mol. The van der Waals surface area contributed by atoms with Crippen molar-refractivity contribution in [3.63, 3.8) is 0 Å². The molecule has 0 saturated carbocycles. The van der Waals surface area contributed by atoms with Crippen molar-refractivity contribution < 1.29 is 18.5 Å². The third-order valence-corrected chi connectivity index (χ3v) is 3.28. The largest absolute Gasteiger partial charge is 0.294 e. The lowest BCUT2D eigenvalue weighted by Crippen LogP contribution is -2.08. The Labute approximate surface area is 126 Å². The van der Waals surface area contributed by atoms with Crippen LogP contribution in [-0.2, 0) is 6.42 Å². The zero-order chi connectivity index (χ0) is 15.6. The molecule has 108 valence electrons. The van der Waals surface area contributed by atoms with Gasteiger partial charge in [0.2, 0.25) is 0 Å². The highest BCUT2D eigenvalue weighted by Crippen LogP contribution is 2.24. The Hall–Kier alpha value is -2.15. The Kier molecular flexibility index (Phi) is 4.42. The molecule has 2 aromatic carbocycles. The molecule has 21 heavy (non-hydrogen) atoms. The van der Waals surface area contributed by atoms with Crippen LogP contribution in [0.4, 0.5) is 14.5 Å². The average molecular weight is 356 g/mol. The van der Waals surface area contributed by atoms with Gasteiger partial charge in [0.15, 0.2) is 17.4 Å². The van der Waals surface area contributed by atoms with Gasteiger partial charge in [0, 0.05) is 10.9 Å². The first-order valence-electron chi connectivity index (χ1n) is 5.79. The minimum absolute atomic E-state index is 0.147. The molecule has 0 aliphatic rings. The van der Waals surface area contributed by atoms with Gasteiger partial charge in [-0.05, 0) is 23.8 Å². The lowest BCUT2D eigenvalue weighted by atomic mass is 10.0. The number of hydrogen-bond donors (Lipinski definition) is 0. The SMILES string of the molecule is O=C(Cc1cccc(Br)c1)c1cc(F)c(F)cc1[N+](=O)[O-]. The average Bonchev–Trinajstić information content (AvgIpc) is 2.41. The number of rotatable bonds is 4. The maximum atomic E-state index is 13.2. The summed E-state index contributed by atoms with van der Waals surface area (Å²) in [6.07, 6.45) is -0.147. The number of carbonyl (C=O) groups is 1. The Bertz CT molecular complexity index is 734. The van der Waals surface area contributed by atoms with E-state index in [1.807, 2.05) is 0 Å². The fourth-order valence-electron chi connectivity index (χ4n) is 1.84. The van der Waals surface area contributed by atoms with Crippen molar-refractivity contribution in [1.29, 1.82) is 0 Å². The summed E-state index contributed by atoms with van der Waals surface area (Å²) in [6.45, 7) is 0. The van der Waals surface area contributed by atoms with Crippen molar-refractivity contribution in [3.05, 3.63) is 73.7 Å². The van der Waals surface area contributed by atoms with Crippen molar-refractivity contribution in [2.24, 2.45) is 0 Å². The monoisotopic (exact) mass is 355 g/mol. The van der Waals surface area contributed by atoms with E-state index in [9.17, 15) is 23.7 Å². The van der Waals surface area contributed by atoms with Crippen LogP contribution in [0.5, 0.6) is 0 Å². The maximum Gasteiger partial charge on any atom is 0.283 e. The maximum absolute atomic E-state index is 13.2. The fraction of sp³-hybridized carbons (Fsp3) is 0.0714. The van der Waals surface area contributed by atoms with Gasteiger partial charge >= 0.3 is 0 Å². The van der Waals surface area contributed by atoms with Crippen LogP contribution in [0.1, 0.15) is 15.9 Å². The summed E-state index contributed by atoms with van der Waals surface area (Å²) in [5.41, 5.74) is -0.582. The molecule has 0 aliphatic heterocycles. The number of halogens is 3. The Morgan fingerprint density at radius 3 is 2.48 bits per heavy atom. The molecule has 7 heteroatoms. The number of nitro groups is 1. The molecule has 0 aliphatic carbocycles. The van der Waals surface area contributed by atoms with Crippen molar-refractivity contribution in [2.75, 3.05) is 0 Å². The van der Waals surface area contributed by atoms with Crippen LogP contribution in [0.3, 0.4) is 0 Å². The molecular formula is C14H8BrF2NO3. The standard InChI is InChI=1S/C14H8BrF2NO3/c15-9-3-1-2-8(4-9)5-14(19)10-6-11(16)12(17)7-13(10)18(20)21/h1-4,6-7H,5H2. The minimum Gasteiger partial charge on any atom is -0.294 e. The molecule has 0 N–H and O–H groups in total. The molecule has 2 rings (SSSR count). The topological polar surface area (TPSA) is 60.2 Å². The Balaban J connectivity index is 2.39. The van der Waals surface area contributed by atoms with E-state index in [0.717, 1.165) is 4.47 Å². The quantitative estimate of drug-likeness (QED) is 0.472. The first-order chi connectivity index (χ1) is 9.88. The predicted octanol–water partition coefficient (Wildman–Crippen LogP) is 4.06. The van der Waals surface area contributed by atoms with E-state index < -0.39 is 33.6 Å². The highest BCUT2D eigenvalue weighted by Gasteiger charge is 2.23. The highest BCUT2D eigenvalue weighted by atomic mass is 79.9. The zero-order valence-corrected chi connectivity index (χ0v) is 12.1. The molecule has 0 fully saturated rings. The smallest absolute Gasteiger partial charge is 0.283 e. The molecule has 0 spiro atoms. The van der Waals surface area contributed by atoms with Crippen LogP contribution in [0.15, 0.2) is 40.9 Å². The van der Waals surface area contributed by atoms with Gasteiger partial charge in [-0.2, -0.15) is 0 Å². The zero-order valence-electron chi connectivity index (χ0n) is 10.5. The number of Topliss-reactive ketones (excluding diaryl/α,β-unsaturated/α-hetero) is 1.